The first-order chi connectivity index (χ1) is 12.2. The number of aryl methyl sites for hydroxylation is 1. The van der Waals surface area contributed by atoms with Gasteiger partial charge in [0, 0.05) is 12.1 Å². The van der Waals surface area contributed by atoms with Crippen molar-refractivity contribution < 1.29 is 22.7 Å². The van der Waals surface area contributed by atoms with Crippen LogP contribution in [-0.2, 0) is 24.3 Å². The first kappa shape index (κ1) is 20.4. The highest BCUT2D eigenvalue weighted by atomic mass is 32.2. The van der Waals surface area contributed by atoms with E-state index in [1.807, 2.05) is 20.8 Å². The lowest BCUT2D eigenvalue weighted by Gasteiger charge is -2.38. The summed E-state index contributed by atoms with van der Waals surface area (Å²) >= 11 is 0. The van der Waals surface area contributed by atoms with Crippen LogP contribution in [-0.4, -0.2) is 50.4 Å². The minimum atomic E-state index is -3.79. The van der Waals surface area contributed by atoms with E-state index in [2.05, 4.69) is 4.72 Å². The van der Waals surface area contributed by atoms with Crippen molar-refractivity contribution in [2.24, 2.45) is 0 Å². The fourth-order valence-electron chi connectivity index (χ4n) is 3.14. The number of hydrogen-bond donors (Lipinski definition) is 1. The number of piperidine rings is 1. The number of nitrogens with zero attached hydrogens (tertiary/aromatic N) is 1. The van der Waals surface area contributed by atoms with Gasteiger partial charge in [-0.15, -0.1) is 0 Å². The molecule has 1 N–H and O–H groups in total. The minimum absolute atomic E-state index is 0.0722. The van der Waals surface area contributed by atoms with Crippen LogP contribution >= 0.6 is 0 Å². The fraction of sp³-hybridized carbons (Fsp3) is 0.556. The molecule has 1 aromatic rings. The number of hydrogen-bond acceptors (Lipinski definition) is 5. The van der Waals surface area contributed by atoms with E-state index >= 15 is 0 Å². The van der Waals surface area contributed by atoms with Crippen molar-refractivity contribution >= 4 is 21.9 Å². The average molecular weight is 382 g/mol. The molecule has 0 aliphatic carbocycles. The van der Waals surface area contributed by atoms with Gasteiger partial charge in [-0.2, -0.15) is 4.72 Å². The summed E-state index contributed by atoms with van der Waals surface area (Å²) in [5.74, 6) is -1.04. The van der Waals surface area contributed by atoms with Gasteiger partial charge in [-0.05, 0) is 52.2 Å². The van der Waals surface area contributed by atoms with E-state index < -0.39 is 22.5 Å². The molecule has 0 bridgehead atoms. The number of carbonyl (C=O) groups is 2. The third-order valence-corrected chi connectivity index (χ3v) is 5.99. The fourth-order valence-corrected chi connectivity index (χ4v) is 4.10. The Bertz CT molecular complexity index is 735. The van der Waals surface area contributed by atoms with Crippen LogP contribution < -0.4 is 4.72 Å². The van der Waals surface area contributed by atoms with Gasteiger partial charge in [0.05, 0.1) is 4.90 Å². The summed E-state index contributed by atoms with van der Waals surface area (Å²) in [7, 11) is -3.79. The predicted molar refractivity (Wildman–Crippen MR) is 96.9 cm³/mol. The number of amides is 1. The van der Waals surface area contributed by atoms with Gasteiger partial charge < -0.3 is 9.64 Å². The van der Waals surface area contributed by atoms with Gasteiger partial charge in [0.2, 0.25) is 10.0 Å². The van der Waals surface area contributed by atoms with Crippen LogP contribution in [0.2, 0.25) is 0 Å². The van der Waals surface area contributed by atoms with Gasteiger partial charge in [-0.1, -0.05) is 17.7 Å². The van der Waals surface area contributed by atoms with Crippen molar-refractivity contribution in [2.75, 3.05) is 13.2 Å². The van der Waals surface area contributed by atoms with Gasteiger partial charge >= 0.3 is 5.97 Å². The van der Waals surface area contributed by atoms with Crippen LogP contribution in [0, 0.1) is 6.92 Å². The molecule has 1 amide bonds. The smallest absolute Gasteiger partial charge is 0.321 e. The average Bonchev–Trinajstić information content (AvgIpc) is 2.58. The zero-order valence-corrected chi connectivity index (χ0v) is 16.2. The topological polar surface area (TPSA) is 92.8 Å². The van der Waals surface area contributed by atoms with Crippen molar-refractivity contribution in [3.8, 4) is 0 Å². The number of nitrogens with one attached hydrogen (secondary N) is 1. The summed E-state index contributed by atoms with van der Waals surface area (Å²) in [6, 6.07) is 6.51. The number of carbonyl (C=O) groups excluding carboxylic acids is 2. The lowest BCUT2D eigenvalue weighted by atomic mass is 9.97. The summed E-state index contributed by atoms with van der Waals surface area (Å²) in [6.07, 6.45) is 2.94. The quantitative estimate of drug-likeness (QED) is 0.755. The van der Waals surface area contributed by atoms with Crippen LogP contribution in [0.15, 0.2) is 29.2 Å². The molecule has 0 unspecified atom stereocenters. The molecule has 8 heteroatoms. The summed E-state index contributed by atoms with van der Waals surface area (Å²) < 4.78 is 31.4. The SMILES string of the molecule is Cc1ccc(S(=O)(=O)NCC(=O)OCC(=O)N2[C@H](C)CCC[C@@H]2C)cc1. The molecule has 1 fully saturated rings. The second kappa shape index (κ2) is 8.64. The van der Waals surface area contributed by atoms with E-state index in [0.717, 1.165) is 24.8 Å². The van der Waals surface area contributed by atoms with E-state index in [-0.39, 0.29) is 29.5 Å². The zero-order valence-electron chi connectivity index (χ0n) is 15.4. The van der Waals surface area contributed by atoms with Gasteiger partial charge in [0.1, 0.15) is 6.54 Å². The molecule has 0 spiro atoms. The van der Waals surface area contributed by atoms with Crippen molar-refractivity contribution in [3.05, 3.63) is 29.8 Å². The van der Waals surface area contributed by atoms with Crippen molar-refractivity contribution in [3.63, 3.8) is 0 Å². The maximum atomic E-state index is 12.3. The minimum Gasteiger partial charge on any atom is -0.455 e. The molecule has 2 atom stereocenters. The van der Waals surface area contributed by atoms with Gasteiger partial charge in [0.15, 0.2) is 6.61 Å². The number of rotatable bonds is 6. The number of sulfonamides is 1. The second-order valence-electron chi connectivity index (χ2n) is 6.73. The highest BCUT2D eigenvalue weighted by Gasteiger charge is 2.29. The largest absolute Gasteiger partial charge is 0.455 e. The summed E-state index contributed by atoms with van der Waals surface area (Å²) in [4.78, 5) is 25.9. The Balaban J connectivity index is 1.83. The Hall–Kier alpha value is -1.93. The van der Waals surface area contributed by atoms with Crippen LogP contribution in [0.25, 0.3) is 0 Å². The Morgan fingerprint density at radius 3 is 2.31 bits per heavy atom. The molecule has 1 aliphatic rings. The molecule has 0 radical (unpaired) electrons. The van der Waals surface area contributed by atoms with Crippen molar-refractivity contribution in [2.45, 2.75) is 57.0 Å². The molecular weight excluding hydrogens is 356 g/mol. The maximum Gasteiger partial charge on any atom is 0.321 e. The van der Waals surface area contributed by atoms with Crippen LogP contribution in [0.1, 0.15) is 38.7 Å². The lowest BCUT2D eigenvalue weighted by Crippen LogP contribution is -2.49. The lowest BCUT2D eigenvalue weighted by molar-refractivity contribution is -0.154. The van der Waals surface area contributed by atoms with Gasteiger partial charge in [0.25, 0.3) is 5.91 Å². The monoisotopic (exact) mass is 382 g/mol. The van der Waals surface area contributed by atoms with E-state index in [9.17, 15) is 18.0 Å². The molecular formula is C18H26N2O5S. The third-order valence-electron chi connectivity index (χ3n) is 4.58. The highest BCUT2D eigenvalue weighted by Crippen LogP contribution is 2.22. The molecule has 144 valence electrons. The molecule has 1 heterocycles. The number of benzene rings is 1. The summed E-state index contributed by atoms with van der Waals surface area (Å²) in [6.45, 7) is 4.91. The molecule has 1 aliphatic heterocycles. The van der Waals surface area contributed by atoms with E-state index in [1.165, 1.54) is 12.1 Å². The molecule has 0 aromatic heterocycles. The Labute approximate surface area is 154 Å². The van der Waals surface area contributed by atoms with Crippen LogP contribution in [0.5, 0.6) is 0 Å². The standard InChI is InChI=1S/C18H26N2O5S/c1-13-7-9-16(10-8-13)26(23,24)19-11-18(22)25-12-17(21)20-14(2)5-4-6-15(20)3/h7-10,14-15,19H,4-6,11-12H2,1-3H3/t14-,15+. The summed E-state index contributed by atoms with van der Waals surface area (Å²) in [5, 5.41) is 0. The first-order valence-corrected chi connectivity index (χ1v) is 10.2. The molecule has 1 saturated heterocycles. The Morgan fingerprint density at radius 2 is 1.73 bits per heavy atom. The van der Waals surface area contributed by atoms with Crippen LogP contribution in [0.3, 0.4) is 0 Å². The first-order valence-electron chi connectivity index (χ1n) is 8.74. The molecule has 26 heavy (non-hydrogen) atoms. The number of likely N-dealkylation sites (tertiary alicyclic amines) is 1. The summed E-state index contributed by atoms with van der Waals surface area (Å²) in [5.41, 5.74) is 0.933. The second-order valence-corrected chi connectivity index (χ2v) is 8.50. The van der Waals surface area contributed by atoms with E-state index in [4.69, 9.17) is 4.74 Å². The number of esters is 1. The Morgan fingerprint density at radius 1 is 1.15 bits per heavy atom. The van der Waals surface area contributed by atoms with Crippen LogP contribution in [0.4, 0.5) is 0 Å². The molecule has 1 aromatic carbocycles. The maximum absolute atomic E-state index is 12.3. The van der Waals surface area contributed by atoms with E-state index in [0.29, 0.717) is 0 Å². The molecule has 7 nitrogen and oxygen atoms in total. The normalized spacial score (nSPS) is 20.7. The van der Waals surface area contributed by atoms with E-state index in [1.54, 1.807) is 17.0 Å². The molecule has 2 rings (SSSR count). The zero-order chi connectivity index (χ0) is 19.3. The number of ether oxygens (including phenoxy) is 1. The molecule has 0 saturated carbocycles. The van der Waals surface area contributed by atoms with Gasteiger partial charge in [-0.25, -0.2) is 8.42 Å². The predicted octanol–water partition coefficient (Wildman–Crippen LogP) is 1.61. The highest BCUT2D eigenvalue weighted by molar-refractivity contribution is 7.89. The van der Waals surface area contributed by atoms with Gasteiger partial charge in [-0.3, -0.25) is 9.59 Å². The third kappa shape index (κ3) is 5.28. The Kier molecular flexibility index (Phi) is 6.77. The van der Waals surface area contributed by atoms with Crippen molar-refractivity contribution in [1.82, 2.24) is 9.62 Å². The van der Waals surface area contributed by atoms with Crippen molar-refractivity contribution in [1.29, 1.82) is 0 Å².